The Labute approximate surface area is 101 Å². The molecule has 2 fully saturated rings. The molecule has 0 saturated heterocycles. The summed E-state index contributed by atoms with van der Waals surface area (Å²) in [6.07, 6.45) is 8.52. The predicted octanol–water partition coefficient (Wildman–Crippen LogP) is 2.64. The molecule has 0 aromatic carbocycles. The molecule has 1 unspecified atom stereocenters. The molecular formula is C14H28N2. The Morgan fingerprint density at radius 2 is 1.75 bits per heavy atom. The van der Waals surface area contributed by atoms with E-state index in [9.17, 15) is 0 Å². The van der Waals surface area contributed by atoms with Gasteiger partial charge in [0.1, 0.15) is 0 Å². The lowest BCUT2D eigenvalue weighted by Gasteiger charge is -2.36. The number of likely N-dealkylation sites (N-methyl/N-ethyl adjacent to an activating group) is 1. The highest BCUT2D eigenvalue weighted by Gasteiger charge is 2.29. The molecule has 1 atom stereocenters. The number of rotatable bonds is 6. The molecule has 2 nitrogen and oxygen atoms in total. The van der Waals surface area contributed by atoms with Crippen molar-refractivity contribution in [3.8, 4) is 0 Å². The highest BCUT2D eigenvalue weighted by molar-refractivity contribution is 4.87. The number of hydrogen-bond donors (Lipinski definition) is 1. The average molecular weight is 224 g/mol. The number of nitrogens with one attached hydrogen (secondary N) is 1. The molecule has 1 N–H and O–H groups in total. The van der Waals surface area contributed by atoms with Crippen LogP contribution in [-0.4, -0.2) is 36.6 Å². The SMILES string of the molecule is CC(C)C(CNC1CC1)N(C)C1CCCC1. The van der Waals surface area contributed by atoms with Crippen molar-refractivity contribution in [1.29, 1.82) is 0 Å². The highest BCUT2D eigenvalue weighted by atomic mass is 15.2. The lowest BCUT2D eigenvalue weighted by molar-refractivity contribution is 0.134. The first-order valence-electron chi connectivity index (χ1n) is 7.14. The van der Waals surface area contributed by atoms with Gasteiger partial charge in [0, 0.05) is 24.7 Å². The van der Waals surface area contributed by atoms with Crippen molar-refractivity contribution in [2.24, 2.45) is 5.92 Å². The van der Waals surface area contributed by atoms with Crippen molar-refractivity contribution in [3.05, 3.63) is 0 Å². The van der Waals surface area contributed by atoms with Crippen LogP contribution in [0.4, 0.5) is 0 Å². The molecule has 0 spiro atoms. The van der Waals surface area contributed by atoms with Gasteiger partial charge in [-0.3, -0.25) is 4.90 Å². The monoisotopic (exact) mass is 224 g/mol. The quantitative estimate of drug-likeness (QED) is 0.746. The van der Waals surface area contributed by atoms with Crippen molar-refractivity contribution in [2.45, 2.75) is 70.5 Å². The van der Waals surface area contributed by atoms with E-state index in [1.54, 1.807) is 0 Å². The second-order valence-corrected chi connectivity index (χ2v) is 6.10. The van der Waals surface area contributed by atoms with E-state index in [0.29, 0.717) is 0 Å². The Morgan fingerprint density at radius 3 is 2.25 bits per heavy atom. The van der Waals surface area contributed by atoms with Gasteiger partial charge in [0.2, 0.25) is 0 Å². The van der Waals surface area contributed by atoms with Crippen molar-refractivity contribution in [3.63, 3.8) is 0 Å². The van der Waals surface area contributed by atoms with Gasteiger partial charge >= 0.3 is 0 Å². The molecule has 0 bridgehead atoms. The summed E-state index contributed by atoms with van der Waals surface area (Å²) >= 11 is 0. The number of nitrogens with zero attached hydrogens (tertiary/aromatic N) is 1. The third-order valence-electron chi connectivity index (χ3n) is 4.39. The first-order valence-corrected chi connectivity index (χ1v) is 7.14. The van der Waals surface area contributed by atoms with Gasteiger partial charge in [0.05, 0.1) is 0 Å². The topological polar surface area (TPSA) is 15.3 Å². The van der Waals surface area contributed by atoms with Crippen molar-refractivity contribution in [1.82, 2.24) is 10.2 Å². The largest absolute Gasteiger partial charge is 0.312 e. The van der Waals surface area contributed by atoms with Gasteiger partial charge in [-0.05, 0) is 38.6 Å². The highest BCUT2D eigenvalue weighted by Crippen LogP contribution is 2.26. The summed E-state index contributed by atoms with van der Waals surface area (Å²) in [6, 6.07) is 2.43. The van der Waals surface area contributed by atoms with Gasteiger partial charge in [-0.15, -0.1) is 0 Å². The summed E-state index contributed by atoms with van der Waals surface area (Å²) in [4.78, 5) is 2.66. The summed E-state index contributed by atoms with van der Waals surface area (Å²) in [5.41, 5.74) is 0. The van der Waals surface area contributed by atoms with Crippen LogP contribution in [0.3, 0.4) is 0 Å². The zero-order chi connectivity index (χ0) is 11.5. The fourth-order valence-corrected chi connectivity index (χ4v) is 3.01. The molecule has 2 aliphatic carbocycles. The van der Waals surface area contributed by atoms with Crippen LogP contribution in [0.2, 0.25) is 0 Å². The Kier molecular flexibility index (Phi) is 4.26. The van der Waals surface area contributed by atoms with Gasteiger partial charge in [-0.2, -0.15) is 0 Å². The maximum absolute atomic E-state index is 3.70. The van der Waals surface area contributed by atoms with Gasteiger partial charge in [-0.1, -0.05) is 26.7 Å². The molecule has 94 valence electrons. The minimum atomic E-state index is 0.726. The second kappa shape index (κ2) is 5.50. The van der Waals surface area contributed by atoms with E-state index in [0.717, 1.165) is 24.0 Å². The summed E-state index contributed by atoms with van der Waals surface area (Å²) in [5.74, 6) is 0.761. The molecule has 0 heterocycles. The van der Waals surface area contributed by atoms with Crippen molar-refractivity contribution >= 4 is 0 Å². The Balaban J connectivity index is 1.83. The van der Waals surface area contributed by atoms with Crippen molar-refractivity contribution in [2.75, 3.05) is 13.6 Å². The van der Waals surface area contributed by atoms with Crippen LogP contribution >= 0.6 is 0 Å². The molecule has 0 aromatic rings. The Bertz CT molecular complexity index is 205. The molecule has 2 heteroatoms. The van der Waals surface area contributed by atoms with Gasteiger partial charge < -0.3 is 5.32 Å². The van der Waals surface area contributed by atoms with E-state index in [4.69, 9.17) is 0 Å². The third kappa shape index (κ3) is 3.21. The zero-order valence-electron chi connectivity index (χ0n) is 11.2. The standard InChI is InChI=1S/C14H28N2/c1-11(2)14(10-15-12-8-9-12)16(3)13-6-4-5-7-13/h11-15H,4-10H2,1-3H3. The summed E-state index contributed by atoms with van der Waals surface area (Å²) < 4.78 is 0. The smallest absolute Gasteiger partial charge is 0.0243 e. The van der Waals surface area contributed by atoms with Gasteiger partial charge in [-0.25, -0.2) is 0 Å². The van der Waals surface area contributed by atoms with E-state index in [1.807, 2.05) is 0 Å². The predicted molar refractivity (Wildman–Crippen MR) is 69.7 cm³/mol. The van der Waals surface area contributed by atoms with Crippen LogP contribution in [0.1, 0.15) is 52.4 Å². The second-order valence-electron chi connectivity index (χ2n) is 6.10. The molecule has 2 rings (SSSR count). The summed E-state index contributed by atoms with van der Waals surface area (Å²) in [5, 5.41) is 3.70. The maximum Gasteiger partial charge on any atom is 0.0243 e. The maximum atomic E-state index is 3.70. The van der Waals surface area contributed by atoms with Crippen LogP contribution in [0.15, 0.2) is 0 Å². The first kappa shape index (κ1) is 12.4. The molecule has 0 radical (unpaired) electrons. The third-order valence-corrected chi connectivity index (χ3v) is 4.39. The minimum Gasteiger partial charge on any atom is -0.312 e. The van der Waals surface area contributed by atoms with Crippen molar-refractivity contribution < 1.29 is 0 Å². The van der Waals surface area contributed by atoms with E-state index in [-0.39, 0.29) is 0 Å². The van der Waals surface area contributed by atoms with E-state index < -0.39 is 0 Å². The molecule has 0 aromatic heterocycles. The fourth-order valence-electron chi connectivity index (χ4n) is 3.01. The molecule has 2 aliphatic rings. The summed E-state index contributed by atoms with van der Waals surface area (Å²) in [7, 11) is 2.34. The van der Waals surface area contributed by atoms with Crippen LogP contribution in [0.25, 0.3) is 0 Å². The number of hydrogen-bond acceptors (Lipinski definition) is 2. The van der Waals surface area contributed by atoms with Gasteiger partial charge in [0.15, 0.2) is 0 Å². The van der Waals surface area contributed by atoms with Crippen LogP contribution in [-0.2, 0) is 0 Å². The molecule has 2 saturated carbocycles. The fraction of sp³-hybridized carbons (Fsp3) is 1.00. The first-order chi connectivity index (χ1) is 7.68. The van der Waals surface area contributed by atoms with Crippen LogP contribution < -0.4 is 5.32 Å². The molecular weight excluding hydrogens is 196 g/mol. The lowest BCUT2D eigenvalue weighted by atomic mass is 10.0. The molecule has 16 heavy (non-hydrogen) atoms. The minimum absolute atomic E-state index is 0.726. The van der Waals surface area contributed by atoms with Crippen LogP contribution in [0.5, 0.6) is 0 Å². The van der Waals surface area contributed by atoms with E-state index in [1.165, 1.54) is 45.1 Å². The molecule has 0 aliphatic heterocycles. The van der Waals surface area contributed by atoms with Crippen LogP contribution in [0, 0.1) is 5.92 Å². The normalized spacial score (nSPS) is 24.6. The average Bonchev–Trinajstić information content (AvgIpc) is 2.91. The zero-order valence-corrected chi connectivity index (χ0v) is 11.2. The van der Waals surface area contributed by atoms with E-state index >= 15 is 0 Å². The summed E-state index contributed by atoms with van der Waals surface area (Å²) in [6.45, 7) is 5.92. The van der Waals surface area contributed by atoms with Gasteiger partial charge in [0.25, 0.3) is 0 Å². The molecule has 0 amide bonds. The Morgan fingerprint density at radius 1 is 1.12 bits per heavy atom. The Hall–Kier alpha value is -0.0800. The lowest BCUT2D eigenvalue weighted by Crippen LogP contribution is -2.48. The van der Waals surface area contributed by atoms with E-state index in [2.05, 4.69) is 31.1 Å².